The summed E-state index contributed by atoms with van der Waals surface area (Å²) in [7, 11) is 1.56. The summed E-state index contributed by atoms with van der Waals surface area (Å²) in [5, 5.41) is 5.65. The number of rotatable bonds is 6. The molecule has 0 fully saturated rings. The van der Waals surface area contributed by atoms with Crippen LogP contribution < -0.4 is 15.4 Å². The monoisotopic (exact) mass is 404 g/mol. The SMILES string of the molecule is COc1ccccc1NC(=O)NCCn1c(-c2ccc(F)cc2)nc2ccccc21. The second-order valence-electron chi connectivity index (χ2n) is 6.66. The molecule has 7 heteroatoms. The number of aromatic nitrogens is 2. The number of para-hydroxylation sites is 4. The molecule has 4 rings (SSSR count). The number of fused-ring (bicyclic) bond motifs is 1. The van der Waals surface area contributed by atoms with E-state index in [2.05, 4.69) is 10.6 Å². The minimum Gasteiger partial charge on any atom is -0.495 e. The molecule has 4 aromatic rings. The number of urea groups is 1. The van der Waals surface area contributed by atoms with Crippen molar-refractivity contribution in [2.24, 2.45) is 0 Å². The lowest BCUT2D eigenvalue weighted by atomic mass is 10.2. The Morgan fingerprint density at radius 3 is 2.57 bits per heavy atom. The first-order chi connectivity index (χ1) is 14.7. The zero-order valence-corrected chi connectivity index (χ0v) is 16.4. The molecule has 0 saturated heterocycles. The first kappa shape index (κ1) is 19.4. The molecule has 1 heterocycles. The summed E-state index contributed by atoms with van der Waals surface area (Å²) in [6.45, 7) is 0.891. The van der Waals surface area contributed by atoms with Gasteiger partial charge in [-0.05, 0) is 48.5 Å². The molecule has 0 saturated carbocycles. The van der Waals surface area contributed by atoms with E-state index >= 15 is 0 Å². The van der Waals surface area contributed by atoms with Crippen LogP contribution in [0.1, 0.15) is 0 Å². The van der Waals surface area contributed by atoms with Gasteiger partial charge in [0, 0.05) is 18.7 Å². The molecule has 0 radical (unpaired) electrons. The Kier molecular flexibility index (Phi) is 5.61. The van der Waals surface area contributed by atoms with Crippen LogP contribution in [0.5, 0.6) is 5.75 Å². The standard InChI is InChI=1S/C23H21FN4O2/c1-30-21-9-5-3-7-19(21)27-23(29)25-14-15-28-20-8-4-2-6-18(20)26-22(28)16-10-12-17(24)13-11-16/h2-13H,14-15H2,1H3,(H2,25,27,29). The number of benzene rings is 3. The molecule has 0 aliphatic carbocycles. The molecule has 1 aromatic heterocycles. The molecule has 3 aromatic carbocycles. The van der Waals surface area contributed by atoms with Crippen LogP contribution in [0.4, 0.5) is 14.9 Å². The van der Waals surface area contributed by atoms with Crippen molar-refractivity contribution in [3.63, 3.8) is 0 Å². The molecule has 30 heavy (non-hydrogen) atoms. The zero-order chi connectivity index (χ0) is 20.9. The van der Waals surface area contributed by atoms with Crippen molar-refractivity contribution < 1.29 is 13.9 Å². The summed E-state index contributed by atoms with van der Waals surface area (Å²) in [6.07, 6.45) is 0. The van der Waals surface area contributed by atoms with Crippen LogP contribution in [0.2, 0.25) is 0 Å². The van der Waals surface area contributed by atoms with E-state index in [0.717, 1.165) is 22.4 Å². The van der Waals surface area contributed by atoms with Crippen LogP contribution in [0.25, 0.3) is 22.4 Å². The lowest BCUT2D eigenvalue weighted by Crippen LogP contribution is -2.31. The van der Waals surface area contributed by atoms with Crippen molar-refractivity contribution in [3.05, 3.63) is 78.6 Å². The Morgan fingerprint density at radius 1 is 1.03 bits per heavy atom. The number of carbonyl (C=O) groups excluding carboxylic acids is 1. The van der Waals surface area contributed by atoms with Gasteiger partial charge in [0.05, 0.1) is 23.8 Å². The number of imidazole rings is 1. The van der Waals surface area contributed by atoms with Gasteiger partial charge in [0.15, 0.2) is 0 Å². The number of amides is 2. The van der Waals surface area contributed by atoms with Crippen molar-refractivity contribution >= 4 is 22.8 Å². The van der Waals surface area contributed by atoms with E-state index in [-0.39, 0.29) is 11.8 Å². The van der Waals surface area contributed by atoms with Gasteiger partial charge < -0.3 is 19.9 Å². The highest BCUT2D eigenvalue weighted by molar-refractivity contribution is 5.90. The number of methoxy groups -OCH3 is 1. The molecule has 2 amide bonds. The zero-order valence-electron chi connectivity index (χ0n) is 16.4. The van der Waals surface area contributed by atoms with Gasteiger partial charge in [-0.15, -0.1) is 0 Å². The number of ether oxygens (including phenoxy) is 1. The first-order valence-electron chi connectivity index (χ1n) is 9.55. The molecule has 0 aliphatic rings. The van der Waals surface area contributed by atoms with Gasteiger partial charge in [0.2, 0.25) is 0 Å². The van der Waals surface area contributed by atoms with Gasteiger partial charge in [-0.3, -0.25) is 0 Å². The Balaban J connectivity index is 1.50. The third kappa shape index (κ3) is 4.10. The van der Waals surface area contributed by atoms with Gasteiger partial charge >= 0.3 is 6.03 Å². The minimum absolute atomic E-state index is 0.295. The fourth-order valence-electron chi connectivity index (χ4n) is 3.32. The Labute approximate surface area is 173 Å². The van der Waals surface area contributed by atoms with E-state index in [4.69, 9.17) is 9.72 Å². The van der Waals surface area contributed by atoms with Gasteiger partial charge in [0.1, 0.15) is 17.4 Å². The number of nitrogens with zero attached hydrogens (tertiary/aromatic N) is 2. The Morgan fingerprint density at radius 2 is 1.77 bits per heavy atom. The van der Waals surface area contributed by atoms with Crippen molar-refractivity contribution in [1.29, 1.82) is 0 Å². The Bertz CT molecular complexity index is 1170. The number of carbonyl (C=O) groups is 1. The number of halogens is 1. The van der Waals surface area contributed by atoms with Crippen LogP contribution in [0.3, 0.4) is 0 Å². The summed E-state index contributed by atoms with van der Waals surface area (Å²) in [4.78, 5) is 17.0. The lowest BCUT2D eigenvalue weighted by molar-refractivity contribution is 0.251. The maximum absolute atomic E-state index is 13.3. The van der Waals surface area contributed by atoms with Crippen LogP contribution >= 0.6 is 0 Å². The summed E-state index contributed by atoms with van der Waals surface area (Å²) < 4.78 is 20.6. The minimum atomic E-state index is -0.327. The maximum Gasteiger partial charge on any atom is 0.319 e. The molecule has 152 valence electrons. The van der Waals surface area contributed by atoms with Crippen molar-refractivity contribution in [1.82, 2.24) is 14.9 Å². The number of nitrogens with one attached hydrogen (secondary N) is 2. The predicted octanol–water partition coefficient (Wildman–Crippen LogP) is 4.67. The smallest absolute Gasteiger partial charge is 0.319 e. The first-order valence-corrected chi connectivity index (χ1v) is 9.55. The van der Waals surface area contributed by atoms with E-state index in [1.165, 1.54) is 12.1 Å². The van der Waals surface area contributed by atoms with E-state index in [9.17, 15) is 9.18 Å². The topological polar surface area (TPSA) is 68.2 Å². The van der Waals surface area contributed by atoms with Gasteiger partial charge in [0.25, 0.3) is 0 Å². The summed E-state index contributed by atoms with van der Waals surface area (Å²) in [5.74, 6) is 1.02. The van der Waals surface area contributed by atoms with Crippen molar-refractivity contribution in [3.8, 4) is 17.1 Å². The van der Waals surface area contributed by atoms with E-state index in [0.29, 0.717) is 24.5 Å². The highest BCUT2D eigenvalue weighted by atomic mass is 19.1. The fraction of sp³-hybridized carbons (Fsp3) is 0.130. The summed E-state index contributed by atoms with van der Waals surface area (Å²) >= 11 is 0. The van der Waals surface area contributed by atoms with Crippen molar-refractivity contribution in [2.75, 3.05) is 19.0 Å². The second kappa shape index (κ2) is 8.65. The summed E-state index contributed by atoms with van der Waals surface area (Å²) in [6, 6.07) is 20.9. The molecular formula is C23H21FN4O2. The van der Waals surface area contributed by atoms with Crippen LogP contribution in [0, 0.1) is 5.82 Å². The average Bonchev–Trinajstić information content (AvgIpc) is 3.13. The third-order valence-corrected chi connectivity index (χ3v) is 4.73. The molecule has 0 bridgehead atoms. The Hall–Kier alpha value is -3.87. The van der Waals surface area contributed by atoms with E-state index in [1.807, 2.05) is 41.0 Å². The second-order valence-corrected chi connectivity index (χ2v) is 6.66. The third-order valence-electron chi connectivity index (χ3n) is 4.73. The molecule has 0 atom stereocenters. The number of anilines is 1. The predicted molar refractivity (Wildman–Crippen MR) is 115 cm³/mol. The largest absolute Gasteiger partial charge is 0.495 e. The van der Waals surface area contributed by atoms with Gasteiger partial charge in [-0.25, -0.2) is 14.2 Å². The van der Waals surface area contributed by atoms with Crippen LogP contribution in [0.15, 0.2) is 72.8 Å². The fourth-order valence-corrected chi connectivity index (χ4v) is 3.32. The molecule has 2 N–H and O–H groups in total. The van der Waals surface area contributed by atoms with Gasteiger partial charge in [-0.2, -0.15) is 0 Å². The van der Waals surface area contributed by atoms with E-state index < -0.39 is 0 Å². The quantitative estimate of drug-likeness (QED) is 0.491. The highest BCUT2D eigenvalue weighted by Crippen LogP contribution is 2.25. The lowest BCUT2D eigenvalue weighted by Gasteiger charge is -2.13. The normalized spacial score (nSPS) is 10.7. The summed E-state index contributed by atoms with van der Waals surface area (Å²) in [5.41, 5.74) is 3.20. The van der Waals surface area contributed by atoms with Crippen LogP contribution in [-0.4, -0.2) is 29.2 Å². The average molecular weight is 404 g/mol. The number of hydrogen-bond acceptors (Lipinski definition) is 3. The molecule has 0 aliphatic heterocycles. The molecule has 6 nitrogen and oxygen atoms in total. The van der Waals surface area contributed by atoms with E-state index in [1.54, 1.807) is 31.4 Å². The van der Waals surface area contributed by atoms with Gasteiger partial charge in [-0.1, -0.05) is 24.3 Å². The van der Waals surface area contributed by atoms with Crippen molar-refractivity contribution in [2.45, 2.75) is 6.54 Å². The maximum atomic E-state index is 13.3. The number of hydrogen-bond donors (Lipinski definition) is 2. The molecule has 0 spiro atoms. The highest BCUT2D eigenvalue weighted by Gasteiger charge is 2.13. The molecule has 0 unspecified atom stereocenters. The molecular weight excluding hydrogens is 383 g/mol. The van der Waals surface area contributed by atoms with Crippen LogP contribution in [-0.2, 0) is 6.54 Å².